The summed E-state index contributed by atoms with van der Waals surface area (Å²) in [5, 5.41) is 11.5. The third-order valence-corrected chi connectivity index (χ3v) is 3.24. The van der Waals surface area contributed by atoms with Crippen molar-refractivity contribution in [2.75, 3.05) is 13.7 Å². The molecule has 0 saturated carbocycles. The number of hydrogen-bond acceptors (Lipinski definition) is 5. The molecule has 22 heavy (non-hydrogen) atoms. The second kappa shape index (κ2) is 6.30. The molecule has 0 aliphatic carbocycles. The van der Waals surface area contributed by atoms with E-state index in [9.17, 15) is 14.9 Å². The number of methoxy groups -OCH3 is 1. The number of non-ortho nitro benzene ring substituents is 1. The summed E-state index contributed by atoms with van der Waals surface area (Å²) in [6.07, 6.45) is 1.52. The van der Waals surface area contributed by atoms with Crippen LogP contribution in [0.2, 0.25) is 0 Å². The molecule has 0 aliphatic rings. The Morgan fingerprint density at radius 3 is 2.68 bits per heavy atom. The van der Waals surface area contributed by atoms with Gasteiger partial charge in [0.05, 0.1) is 17.5 Å². The van der Waals surface area contributed by atoms with Crippen LogP contribution < -0.4 is 15.0 Å². The molecule has 1 aromatic carbocycles. The highest BCUT2D eigenvalue weighted by atomic mass is 16.6. The fraction of sp³-hybridized carbons (Fsp3) is 0.267. The lowest BCUT2D eigenvalue weighted by molar-refractivity contribution is -0.384. The first-order valence-electron chi connectivity index (χ1n) is 6.67. The van der Waals surface area contributed by atoms with Gasteiger partial charge in [0.25, 0.3) is 11.2 Å². The summed E-state index contributed by atoms with van der Waals surface area (Å²) in [5.74, 6) is 0.340. The second-order valence-corrected chi connectivity index (χ2v) is 4.47. The molecule has 7 nitrogen and oxygen atoms in total. The van der Waals surface area contributed by atoms with Crippen LogP contribution in [-0.4, -0.2) is 23.2 Å². The molecule has 0 atom stereocenters. The van der Waals surface area contributed by atoms with E-state index in [0.29, 0.717) is 17.4 Å². The first-order valence-corrected chi connectivity index (χ1v) is 6.67. The largest absolute Gasteiger partial charge is 0.492 e. The summed E-state index contributed by atoms with van der Waals surface area (Å²) < 4.78 is 12.1. The number of aryl methyl sites for hydroxylation is 1. The van der Waals surface area contributed by atoms with Crippen molar-refractivity contribution in [3.8, 4) is 11.5 Å². The van der Waals surface area contributed by atoms with Crippen LogP contribution in [0.25, 0.3) is 10.9 Å². The molecule has 2 rings (SSSR count). The lowest BCUT2D eigenvalue weighted by atomic mass is 10.1. The standard InChI is InChI=1S/C15H16N2O5/c1-4-8-22-14-13(21-3)11-7-6-10(17(19)20)9-12(11)16(5-2)15(14)18/h4,6-7,9H,1,5,8H2,2-3H3. The number of nitro benzene ring substituents is 1. The van der Waals surface area contributed by atoms with E-state index in [0.717, 1.165) is 0 Å². The van der Waals surface area contributed by atoms with E-state index >= 15 is 0 Å². The molecule has 0 spiro atoms. The van der Waals surface area contributed by atoms with Crippen molar-refractivity contribution < 1.29 is 14.4 Å². The molecule has 0 N–H and O–H groups in total. The first kappa shape index (κ1) is 15.6. The summed E-state index contributed by atoms with van der Waals surface area (Å²) in [5.41, 5.74) is -0.0467. The Labute approximate surface area is 126 Å². The van der Waals surface area contributed by atoms with Crippen molar-refractivity contribution in [3.05, 3.63) is 51.3 Å². The minimum atomic E-state index is -0.501. The van der Waals surface area contributed by atoms with E-state index in [-0.39, 0.29) is 23.8 Å². The molecule has 0 radical (unpaired) electrons. The van der Waals surface area contributed by atoms with Gasteiger partial charge in [0.1, 0.15) is 6.61 Å². The van der Waals surface area contributed by atoms with Gasteiger partial charge < -0.3 is 14.0 Å². The quantitative estimate of drug-likeness (QED) is 0.465. The number of nitrogens with zero attached hydrogens (tertiary/aromatic N) is 2. The summed E-state index contributed by atoms with van der Waals surface area (Å²) in [7, 11) is 1.42. The molecule has 0 aliphatic heterocycles. The number of rotatable bonds is 6. The highest BCUT2D eigenvalue weighted by Gasteiger charge is 2.20. The predicted octanol–water partition coefficient (Wildman–Crippen LogP) is 2.50. The summed E-state index contributed by atoms with van der Waals surface area (Å²) in [6, 6.07) is 4.28. The molecule has 1 heterocycles. The van der Waals surface area contributed by atoms with Crippen LogP contribution in [0.15, 0.2) is 35.6 Å². The molecule has 0 amide bonds. The zero-order valence-corrected chi connectivity index (χ0v) is 12.4. The van der Waals surface area contributed by atoms with E-state index in [2.05, 4.69) is 6.58 Å². The average Bonchev–Trinajstić information content (AvgIpc) is 2.52. The van der Waals surface area contributed by atoms with Crippen molar-refractivity contribution >= 4 is 16.6 Å². The number of aromatic nitrogens is 1. The molecule has 2 aromatic rings. The van der Waals surface area contributed by atoms with Gasteiger partial charge in [-0.05, 0) is 13.0 Å². The maximum Gasteiger partial charge on any atom is 0.297 e. The molecule has 0 unspecified atom stereocenters. The Bertz CT molecular complexity index is 795. The maximum atomic E-state index is 12.5. The Morgan fingerprint density at radius 1 is 1.41 bits per heavy atom. The van der Waals surface area contributed by atoms with Gasteiger partial charge in [-0.25, -0.2) is 0 Å². The zero-order valence-electron chi connectivity index (χ0n) is 12.4. The van der Waals surface area contributed by atoms with Gasteiger partial charge >= 0.3 is 0 Å². The first-order chi connectivity index (χ1) is 10.5. The number of nitro groups is 1. The van der Waals surface area contributed by atoms with Crippen molar-refractivity contribution in [2.24, 2.45) is 0 Å². The number of pyridine rings is 1. The maximum absolute atomic E-state index is 12.5. The smallest absolute Gasteiger partial charge is 0.297 e. The average molecular weight is 304 g/mol. The van der Waals surface area contributed by atoms with Crippen molar-refractivity contribution in [1.82, 2.24) is 4.57 Å². The van der Waals surface area contributed by atoms with Crippen LogP contribution in [0.1, 0.15) is 6.92 Å². The van der Waals surface area contributed by atoms with Gasteiger partial charge in [0.2, 0.25) is 5.75 Å². The van der Waals surface area contributed by atoms with Gasteiger partial charge in [-0.2, -0.15) is 0 Å². The third-order valence-electron chi connectivity index (χ3n) is 3.24. The van der Waals surface area contributed by atoms with Crippen molar-refractivity contribution in [1.29, 1.82) is 0 Å². The summed E-state index contributed by atoms with van der Waals surface area (Å²) in [6.45, 7) is 5.84. The highest BCUT2D eigenvalue weighted by molar-refractivity contribution is 5.89. The van der Waals surface area contributed by atoms with Crippen LogP contribution in [0, 0.1) is 10.1 Å². The SMILES string of the molecule is C=CCOc1c(OC)c2ccc([N+](=O)[O-])cc2n(CC)c1=O. The Kier molecular flexibility index (Phi) is 4.45. The third kappa shape index (κ3) is 2.52. The van der Waals surface area contributed by atoms with Gasteiger partial charge in [0, 0.05) is 24.1 Å². The molecule has 0 saturated heterocycles. The van der Waals surface area contributed by atoms with Crippen LogP contribution >= 0.6 is 0 Å². The monoisotopic (exact) mass is 304 g/mol. The number of hydrogen-bond donors (Lipinski definition) is 0. The fourth-order valence-electron chi connectivity index (χ4n) is 2.29. The molecule has 1 aromatic heterocycles. The molecular formula is C15H16N2O5. The number of ether oxygens (including phenoxy) is 2. The zero-order chi connectivity index (χ0) is 16.3. The van der Waals surface area contributed by atoms with E-state index < -0.39 is 10.5 Å². The number of benzene rings is 1. The Hall–Kier alpha value is -2.83. The summed E-state index contributed by atoms with van der Waals surface area (Å²) >= 11 is 0. The van der Waals surface area contributed by atoms with Gasteiger partial charge in [-0.1, -0.05) is 12.7 Å². The van der Waals surface area contributed by atoms with E-state index in [1.807, 2.05) is 0 Å². The van der Waals surface area contributed by atoms with Gasteiger partial charge in [-0.15, -0.1) is 0 Å². The fourth-order valence-corrected chi connectivity index (χ4v) is 2.29. The minimum Gasteiger partial charge on any atom is -0.492 e. The lowest BCUT2D eigenvalue weighted by Gasteiger charge is -2.15. The van der Waals surface area contributed by atoms with Crippen molar-refractivity contribution in [3.63, 3.8) is 0 Å². The van der Waals surface area contributed by atoms with Gasteiger partial charge in [0.15, 0.2) is 5.75 Å². The highest BCUT2D eigenvalue weighted by Crippen LogP contribution is 2.34. The molecule has 7 heteroatoms. The Balaban J connectivity index is 2.86. The Morgan fingerprint density at radius 2 is 2.14 bits per heavy atom. The predicted molar refractivity (Wildman–Crippen MR) is 82.8 cm³/mol. The summed E-state index contributed by atoms with van der Waals surface area (Å²) in [4.78, 5) is 23.0. The number of fused-ring (bicyclic) bond motifs is 1. The molecular weight excluding hydrogens is 288 g/mol. The second-order valence-electron chi connectivity index (χ2n) is 4.47. The topological polar surface area (TPSA) is 83.6 Å². The molecule has 116 valence electrons. The van der Waals surface area contributed by atoms with Crippen LogP contribution in [0.3, 0.4) is 0 Å². The molecule has 0 fully saturated rings. The van der Waals surface area contributed by atoms with E-state index in [4.69, 9.17) is 9.47 Å². The van der Waals surface area contributed by atoms with E-state index in [1.165, 1.54) is 29.9 Å². The molecule has 0 bridgehead atoms. The van der Waals surface area contributed by atoms with Crippen LogP contribution in [0.4, 0.5) is 5.69 Å². The van der Waals surface area contributed by atoms with Gasteiger partial charge in [-0.3, -0.25) is 14.9 Å². The normalized spacial score (nSPS) is 10.5. The van der Waals surface area contributed by atoms with E-state index in [1.54, 1.807) is 13.0 Å². The van der Waals surface area contributed by atoms with Crippen LogP contribution in [0.5, 0.6) is 11.5 Å². The van der Waals surface area contributed by atoms with Crippen LogP contribution in [-0.2, 0) is 6.54 Å². The van der Waals surface area contributed by atoms with Crippen molar-refractivity contribution in [2.45, 2.75) is 13.5 Å². The minimum absolute atomic E-state index is 0.0746. The lowest BCUT2D eigenvalue weighted by Crippen LogP contribution is -2.23.